The summed E-state index contributed by atoms with van der Waals surface area (Å²) in [5.41, 5.74) is 0.392. The molecule has 0 spiro atoms. The van der Waals surface area contributed by atoms with Crippen molar-refractivity contribution in [3.8, 4) is 0 Å². The van der Waals surface area contributed by atoms with Crippen molar-refractivity contribution in [1.29, 1.82) is 0 Å². The monoisotopic (exact) mass is 288 g/mol. The summed E-state index contributed by atoms with van der Waals surface area (Å²) in [5.74, 6) is -1.32. The Morgan fingerprint density at radius 1 is 1.47 bits per heavy atom. The largest absolute Gasteiger partial charge is 0.481 e. The van der Waals surface area contributed by atoms with Gasteiger partial charge in [0.1, 0.15) is 0 Å². The van der Waals surface area contributed by atoms with Gasteiger partial charge in [-0.25, -0.2) is 0 Å². The number of nitrogens with zero attached hydrogens (tertiary/aromatic N) is 3. The standard InChI is InChI=1S/C10H16N4O4S/c1-13-7-9(6-11-13)12-19(17,18)14-4-2-8(3-5-14)10(15)16/h6-8,12H,2-5H2,1H3,(H,15,16). The van der Waals surface area contributed by atoms with Gasteiger partial charge in [-0.05, 0) is 12.8 Å². The van der Waals surface area contributed by atoms with Crippen molar-refractivity contribution in [3.05, 3.63) is 12.4 Å². The van der Waals surface area contributed by atoms with Gasteiger partial charge in [0, 0.05) is 26.3 Å². The Labute approximate surface area is 111 Å². The molecule has 0 atom stereocenters. The third-order valence-corrected chi connectivity index (χ3v) is 4.63. The molecule has 1 saturated heterocycles. The Bertz CT molecular complexity index is 560. The number of nitrogens with one attached hydrogen (secondary N) is 1. The molecule has 19 heavy (non-hydrogen) atoms. The van der Waals surface area contributed by atoms with Gasteiger partial charge in [-0.3, -0.25) is 14.2 Å². The number of rotatable bonds is 4. The van der Waals surface area contributed by atoms with Crippen molar-refractivity contribution in [1.82, 2.24) is 14.1 Å². The molecule has 8 nitrogen and oxygen atoms in total. The van der Waals surface area contributed by atoms with Crippen molar-refractivity contribution in [2.45, 2.75) is 12.8 Å². The minimum atomic E-state index is -3.64. The molecule has 1 aliphatic rings. The lowest BCUT2D eigenvalue weighted by Gasteiger charge is -2.29. The lowest BCUT2D eigenvalue weighted by atomic mass is 9.99. The summed E-state index contributed by atoms with van der Waals surface area (Å²) >= 11 is 0. The van der Waals surface area contributed by atoms with E-state index in [1.165, 1.54) is 15.2 Å². The average molecular weight is 288 g/mol. The van der Waals surface area contributed by atoms with Crippen molar-refractivity contribution < 1.29 is 18.3 Å². The van der Waals surface area contributed by atoms with Gasteiger partial charge in [-0.15, -0.1) is 0 Å². The first-order valence-electron chi connectivity index (χ1n) is 5.88. The Morgan fingerprint density at radius 2 is 2.11 bits per heavy atom. The predicted octanol–water partition coefficient (Wildman–Crippen LogP) is -0.127. The number of carboxylic acids is 1. The fourth-order valence-electron chi connectivity index (χ4n) is 2.03. The van der Waals surface area contributed by atoms with Gasteiger partial charge >= 0.3 is 16.2 Å². The highest BCUT2D eigenvalue weighted by molar-refractivity contribution is 7.90. The molecule has 106 valence electrons. The molecule has 1 aromatic heterocycles. The van der Waals surface area contributed by atoms with Crippen LogP contribution in [0.1, 0.15) is 12.8 Å². The Hall–Kier alpha value is -1.61. The molecular formula is C10H16N4O4S. The second-order valence-electron chi connectivity index (χ2n) is 4.52. The minimum absolute atomic E-state index is 0.215. The van der Waals surface area contributed by atoms with Crippen molar-refractivity contribution in [2.24, 2.45) is 13.0 Å². The van der Waals surface area contributed by atoms with Crippen LogP contribution >= 0.6 is 0 Å². The summed E-state index contributed by atoms with van der Waals surface area (Å²) < 4.78 is 29.3. The van der Waals surface area contributed by atoms with E-state index < -0.39 is 22.1 Å². The van der Waals surface area contributed by atoms with Gasteiger partial charge < -0.3 is 5.11 Å². The summed E-state index contributed by atoms with van der Waals surface area (Å²) in [6.45, 7) is 0.430. The van der Waals surface area contributed by atoms with Crippen LogP contribution in [0, 0.1) is 5.92 Å². The van der Waals surface area contributed by atoms with E-state index in [9.17, 15) is 13.2 Å². The van der Waals surface area contributed by atoms with Crippen molar-refractivity contribution in [3.63, 3.8) is 0 Å². The van der Waals surface area contributed by atoms with E-state index in [0.29, 0.717) is 18.5 Å². The molecule has 2 heterocycles. The Kier molecular flexibility index (Phi) is 3.76. The van der Waals surface area contributed by atoms with Crippen molar-refractivity contribution in [2.75, 3.05) is 17.8 Å². The first-order chi connectivity index (χ1) is 8.88. The average Bonchev–Trinajstić information content (AvgIpc) is 2.74. The topological polar surface area (TPSA) is 105 Å². The molecular weight excluding hydrogens is 272 g/mol. The Balaban J connectivity index is 1.99. The number of hydrogen-bond donors (Lipinski definition) is 2. The second-order valence-corrected chi connectivity index (χ2v) is 6.19. The third kappa shape index (κ3) is 3.24. The molecule has 1 aromatic rings. The SMILES string of the molecule is Cn1cc(NS(=O)(=O)N2CCC(C(=O)O)CC2)cn1. The van der Waals surface area contributed by atoms with E-state index in [1.54, 1.807) is 13.2 Å². The molecule has 9 heteroatoms. The molecule has 1 aliphatic heterocycles. The van der Waals surface area contributed by atoms with Crippen LogP contribution < -0.4 is 4.72 Å². The fraction of sp³-hybridized carbons (Fsp3) is 0.600. The quantitative estimate of drug-likeness (QED) is 0.803. The number of carbonyl (C=O) groups is 1. The molecule has 2 rings (SSSR count). The molecule has 2 N–H and O–H groups in total. The van der Waals surface area contributed by atoms with Gasteiger partial charge in [0.25, 0.3) is 0 Å². The van der Waals surface area contributed by atoms with E-state index in [1.807, 2.05) is 0 Å². The molecule has 0 amide bonds. The van der Waals surface area contributed by atoms with Crippen LogP contribution in [0.25, 0.3) is 0 Å². The number of piperidine rings is 1. The zero-order chi connectivity index (χ0) is 14.0. The van der Waals surface area contributed by atoms with Gasteiger partial charge in [-0.1, -0.05) is 0 Å². The summed E-state index contributed by atoms with van der Waals surface area (Å²) in [6, 6.07) is 0. The molecule has 0 unspecified atom stereocenters. The minimum Gasteiger partial charge on any atom is -0.481 e. The van der Waals surface area contributed by atoms with Crippen LogP contribution in [-0.2, 0) is 22.1 Å². The van der Waals surface area contributed by atoms with Crippen LogP contribution in [0.15, 0.2) is 12.4 Å². The number of aryl methyl sites for hydroxylation is 1. The van der Waals surface area contributed by atoms with Gasteiger partial charge in [-0.2, -0.15) is 17.8 Å². The number of anilines is 1. The Morgan fingerprint density at radius 3 is 2.58 bits per heavy atom. The molecule has 0 bridgehead atoms. The summed E-state index contributed by atoms with van der Waals surface area (Å²) in [4.78, 5) is 10.8. The smallest absolute Gasteiger partial charge is 0.306 e. The van der Waals surface area contributed by atoms with Crippen LogP contribution in [0.4, 0.5) is 5.69 Å². The lowest BCUT2D eigenvalue weighted by molar-refractivity contribution is -0.142. The molecule has 0 aliphatic carbocycles. The molecule has 0 radical (unpaired) electrons. The van der Waals surface area contributed by atoms with Crippen molar-refractivity contribution >= 4 is 21.9 Å². The maximum Gasteiger partial charge on any atom is 0.306 e. The van der Waals surface area contributed by atoms with E-state index in [2.05, 4.69) is 9.82 Å². The van der Waals surface area contributed by atoms with Gasteiger partial charge in [0.05, 0.1) is 17.8 Å². The molecule has 1 fully saturated rings. The zero-order valence-corrected chi connectivity index (χ0v) is 11.3. The summed E-state index contributed by atoms with van der Waals surface area (Å²) in [5, 5.41) is 12.7. The van der Waals surface area contributed by atoms with E-state index >= 15 is 0 Å². The highest BCUT2D eigenvalue weighted by atomic mass is 32.2. The second kappa shape index (κ2) is 5.17. The third-order valence-electron chi connectivity index (χ3n) is 3.09. The summed E-state index contributed by atoms with van der Waals surface area (Å²) in [6.07, 6.45) is 3.65. The maximum absolute atomic E-state index is 12.1. The highest BCUT2D eigenvalue weighted by Gasteiger charge is 2.31. The number of aliphatic carboxylic acids is 1. The van der Waals surface area contributed by atoms with Gasteiger partial charge in [0.15, 0.2) is 0 Å². The lowest BCUT2D eigenvalue weighted by Crippen LogP contribution is -2.42. The normalized spacial score (nSPS) is 18.4. The maximum atomic E-state index is 12.1. The fourth-order valence-corrected chi connectivity index (χ4v) is 3.25. The van der Waals surface area contributed by atoms with Crippen LogP contribution in [0.3, 0.4) is 0 Å². The van der Waals surface area contributed by atoms with Crippen LogP contribution in [-0.4, -0.2) is 46.7 Å². The first kappa shape index (κ1) is 13.8. The zero-order valence-electron chi connectivity index (χ0n) is 10.5. The van der Waals surface area contributed by atoms with E-state index in [0.717, 1.165) is 0 Å². The molecule has 0 saturated carbocycles. The van der Waals surface area contributed by atoms with E-state index in [-0.39, 0.29) is 13.1 Å². The van der Waals surface area contributed by atoms with Crippen LogP contribution in [0.2, 0.25) is 0 Å². The number of carboxylic acid groups (broad SMARTS) is 1. The van der Waals surface area contributed by atoms with Gasteiger partial charge in [0.2, 0.25) is 0 Å². The first-order valence-corrected chi connectivity index (χ1v) is 7.32. The number of hydrogen-bond acceptors (Lipinski definition) is 4. The summed E-state index contributed by atoms with van der Waals surface area (Å²) in [7, 11) is -1.94. The number of aromatic nitrogens is 2. The predicted molar refractivity (Wildman–Crippen MR) is 67.7 cm³/mol. The van der Waals surface area contributed by atoms with Crippen LogP contribution in [0.5, 0.6) is 0 Å². The molecule has 0 aromatic carbocycles. The van der Waals surface area contributed by atoms with E-state index in [4.69, 9.17) is 5.11 Å². The highest BCUT2D eigenvalue weighted by Crippen LogP contribution is 2.20.